The molecule has 10 heteroatoms. The molecule has 0 saturated carbocycles. The number of hydrogen-bond acceptors (Lipinski definition) is 5. The van der Waals surface area contributed by atoms with Gasteiger partial charge in [-0.1, -0.05) is 0 Å². The maximum absolute atomic E-state index is 12.7. The number of amides is 1. The zero-order valence-corrected chi connectivity index (χ0v) is 14.4. The first kappa shape index (κ1) is 18.2. The molecule has 0 aliphatic heterocycles. The van der Waals surface area contributed by atoms with Gasteiger partial charge in [0.1, 0.15) is 5.60 Å². The van der Waals surface area contributed by atoms with Crippen LogP contribution >= 0.6 is 11.3 Å². The molecule has 0 aliphatic rings. The number of aromatic nitrogens is 3. The van der Waals surface area contributed by atoms with Crippen molar-refractivity contribution in [3.63, 3.8) is 0 Å². The van der Waals surface area contributed by atoms with Gasteiger partial charge in [0.2, 0.25) is 0 Å². The maximum Gasteiger partial charge on any atom is 0.443 e. The molecule has 0 aliphatic carbocycles. The van der Waals surface area contributed by atoms with E-state index in [9.17, 15) is 18.0 Å². The van der Waals surface area contributed by atoms with Gasteiger partial charge in [-0.25, -0.2) is 9.78 Å². The number of aryl methyl sites for hydroxylation is 1. The van der Waals surface area contributed by atoms with Crippen LogP contribution in [0.25, 0.3) is 0 Å². The summed E-state index contributed by atoms with van der Waals surface area (Å²) in [6.45, 7) is 5.00. The number of rotatable bonds is 3. The minimum atomic E-state index is -4.51. The van der Waals surface area contributed by atoms with Gasteiger partial charge in [0.05, 0.1) is 6.54 Å². The second-order valence-electron chi connectivity index (χ2n) is 6.04. The number of hydrogen-bond donors (Lipinski definition) is 0. The number of carbonyl (C=O) groups excluding carboxylic acids is 1. The van der Waals surface area contributed by atoms with Crippen LogP contribution in [0.2, 0.25) is 0 Å². The van der Waals surface area contributed by atoms with Crippen molar-refractivity contribution in [3.8, 4) is 0 Å². The maximum atomic E-state index is 12.7. The zero-order valence-electron chi connectivity index (χ0n) is 13.6. The Morgan fingerprint density at radius 1 is 1.38 bits per heavy atom. The molecule has 6 nitrogen and oxygen atoms in total. The molecule has 1 amide bonds. The molecule has 0 N–H and O–H groups in total. The average molecular weight is 362 g/mol. The second kappa shape index (κ2) is 6.42. The summed E-state index contributed by atoms with van der Waals surface area (Å²) in [6, 6.07) is 1.58. The molecular formula is C14H17F3N4O2S. The predicted molar refractivity (Wildman–Crippen MR) is 82.7 cm³/mol. The monoisotopic (exact) mass is 362 g/mol. The third-order valence-electron chi connectivity index (χ3n) is 2.70. The lowest BCUT2D eigenvalue weighted by atomic mass is 10.2. The topological polar surface area (TPSA) is 60.2 Å². The van der Waals surface area contributed by atoms with E-state index in [1.54, 1.807) is 40.1 Å². The van der Waals surface area contributed by atoms with Gasteiger partial charge in [-0.3, -0.25) is 9.58 Å². The molecule has 24 heavy (non-hydrogen) atoms. The van der Waals surface area contributed by atoms with Crippen LogP contribution in [0, 0.1) is 0 Å². The minimum Gasteiger partial charge on any atom is -0.443 e. The number of alkyl halides is 3. The summed E-state index contributed by atoms with van der Waals surface area (Å²) in [6.07, 6.45) is -2.47. The summed E-state index contributed by atoms with van der Waals surface area (Å²) in [5.41, 5.74) is -0.741. The van der Waals surface area contributed by atoms with E-state index in [2.05, 4.69) is 10.1 Å². The number of halogens is 3. The van der Waals surface area contributed by atoms with Crippen LogP contribution in [0.3, 0.4) is 0 Å². The Balaban J connectivity index is 2.26. The summed E-state index contributed by atoms with van der Waals surface area (Å²) in [5, 5.41) is 3.16. The van der Waals surface area contributed by atoms with E-state index < -0.39 is 22.9 Å². The molecule has 0 atom stereocenters. The van der Waals surface area contributed by atoms with E-state index in [0.717, 1.165) is 6.20 Å². The fourth-order valence-electron chi connectivity index (χ4n) is 1.77. The van der Waals surface area contributed by atoms with Gasteiger partial charge >= 0.3 is 12.3 Å². The molecule has 0 spiro atoms. The molecule has 0 radical (unpaired) electrons. The van der Waals surface area contributed by atoms with Crippen LogP contribution in [0.5, 0.6) is 0 Å². The number of carbonyl (C=O) groups is 1. The zero-order chi connectivity index (χ0) is 18.1. The highest BCUT2D eigenvalue weighted by Gasteiger charge is 2.35. The van der Waals surface area contributed by atoms with Gasteiger partial charge in [-0.2, -0.15) is 18.3 Å². The van der Waals surface area contributed by atoms with E-state index in [4.69, 9.17) is 4.74 Å². The molecule has 0 bridgehead atoms. The SMILES string of the molecule is Cn1ccc(N(Cc2cnc(C(F)(F)F)s2)C(=O)OC(C)(C)C)n1. The number of anilines is 1. The van der Waals surface area contributed by atoms with Gasteiger partial charge in [0.15, 0.2) is 10.8 Å². The Bertz CT molecular complexity index is 718. The summed E-state index contributed by atoms with van der Waals surface area (Å²) in [4.78, 5) is 17.2. The molecule has 0 aromatic carbocycles. The molecule has 0 fully saturated rings. The molecule has 2 aromatic rings. The Labute approximate surface area is 140 Å². The van der Waals surface area contributed by atoms with Crippen LogP contribution in [0.4, 0.5) is 23.8 Å². The van der Waals surface area contributed by atoms with Gasteiger partial charge in [0.25, 0.3) is 0 Å². The molecule has 2 aromatic heterocycles. The van der Waals surface area contributed by atoms with Crippen LogP contribution in [-0.4, -0.2) is 26.5 Å². The second-order valence-corrected chi connectivity index (χ2v) is 7.16. The first-order valence-corrected chi connectivity index (χ1v) is 7.79. The Kier molecular flexibility index (Phi) is 4.88. The first-order valence-electron chi connectivity index (χ1n) is 6.98. The van der Waals surface area contributed by atoms with Crippen molar-refractivity contribution in [1.29, 1.82) is 0 Å². The van der Waals surface area contributed by atoms with E-state index >= 15 is 0 Å². The van der Waals surface area contributed by atoms with E-state index in [1.807, 2.05) is 0 Å². The van der Waals surface area contributed by atoms with Crippen molar-refractivity contribution < 1.29 is 22.7 Å². The van der Waals surface area contributed by atoms with Crippen LogP contribution in [0.15, 0.2) is 18.5 Å². The minimum absolute atomic E-state index is 0.111. The first-order chi connectivity index (χ1) is 11.0. The van der Waals surface area contributed by atoms with E-state index in [0.29, 0.717) is 11.3 Å². The predicted octanol–water partition coefficient (Wildman–Crippen LogP) is 3.84. The fraction of sp³-hybridized carbons (Fsp3) is 0.500. The van der Waals surface area contributed by atoms with Gasteiger partial charge < -0.3 is 4.74 Å². The molecule has 0 saturated heterocycles. The van der Waals surface area contributed by atoms with Crippen molar-refractivity contribution in [3.05, 3.63) is 28.3 Å². The largest absolute Gasteiger partial charge is 0.443 e. The average Bonchev–Trinajstić information content (AvgIpc) is 3.01. The van der Waals surface area contributed by atoms with Crippen molar-refractivity contribution in [2.45, 2.75) is 39.1 Å². The Morgan fingerprint density at radius 3 is 2.50 bits per heavy atom. The lowest BCUT2D eigenvalue weighted by Crippen LogP contribution is -2.36. The highest BCUT2D eigenvalue weighted by Crippen LogP contribution is 2.33. The normalized spacial score (nSPS) is 12.3. The molecule has 0 unspecified atom stereocenters. The summed E-state index contributed by atoms with van der Waals surface area (Å²) in [5.74, 6) is 0.286. The summed E-state index contributed by atoms with van der Waals surface area (Å²) in [7, 11) is 1.67. The number of thiazole rings is 1. The molecular weight excluding hydrogens is 345 g/mol. The van der Waals surface area contributed by atoms with Crippen molar-refractivity contribution in [1.82, 2.24) is 14.8 Å². The molecule has 132 valence electrons. The van der Waals surface area contributed by atoms with Crippen molar-refractivity contribution >= 4 is 23.2 Å². The van der Waals surface area contributed by atoms with Crippen LogP contribution < -0.4 is 4.90 Å². The standard InChI is InChI=1S/C14H17F3N4O2S/c1-13(2,3)23-12(22)21(10-5-6-20(4)19-10)8-9-7-18-11(24-9)14(15,16)17/h5-7H,8H2,1-4H3. The number of ether oxygens (including phenoxy) is 1. The van der Waals surface area contributed by atoms with Gasteiger partial charge in [0, 0.05) is 30.4 Å². The van der Waals surface area contributed by atoms with Crippen molar-refractivity contribution in [2.75, 3.05) is 4.90 Å². The smallest absolute Gasteiger partial charge is 0.443 e. The van der Waals surface area contributed by atoms with E-state index in [1.165, 1.54) is 9.58 Å². The van der Waals surface area contributed by atoms with Crippen LogP contribution in [-0.2, 0) is 24.5 Å². The molecule has 2 heterocycles. The van der Waals surface area contributed by atoms with Gasteiger partial charge in [-0.05, 0) is 20.8 Å². The summed E-state index contributed by atoms with van der Waals surface area (Å²) >= 11 is 0.485. The highest BCUT2D eigenvalue weighted by molar-refractivity contribution is 7.11. The highest BCUT2D eigenvalue weighted by atomic mass is 32.1. The van der Waals surface area contributed by atoms with Gasteiger partial charge in [-0.15, -0.1) is 11.3 Å². The third-order valence-corrected chi connectivity index (χ3v) is 3.73. The lowest BCUT2D eigenvalue weighted by Gasteiger charge is -2.25. The van der Waals surface area contributed by atoms with E-state index in [-0.39, 0.29) is 17.2 Å². The van der Waals surface area contributed by atoms with Crippen molar-refractivity contribution in [2.24, 2.45) is 7.05 Å². The molecule has 2 rings (SSSR count). The lowest BCUT2D eigenvalue weighted by molar-refractivity contribution is -0.137. The Hall–Kier alpha value is -2.10. The Morgan fingerprint density at radius 2 is 2.04 bits per heavy atom. The quantitative estimate of drug-likeness (QED) is 0.832. The number of nitrogens with zero attached hydrogens (tertiary/aromatic N) is 4. The summed E-state index contributed by atoms with van der Waals surface area (Å²) < 4.78 is 44.8. The fourth-order valence-corrected chi connectivity index (χ4v) is 2.54. The van der Waals surface area contributed by atoms with Crippen LogP contribution in [0.1, 0.15) is 30.7 Å². The third kappa shape index (κ3) is 4.70.